The highest BCUT2D eigenvalue weighted by Crippen LogP contribution is 2.69. The van der Waals surface area contributed by atoms with Crippen LogP contribution in [0.15, 0.2) is 60.7 Å². The molecule has 8 aliphatic rings. The fraction of sp³-hybridized carbons (Fsp3) is 0.455. The Kier molecular flexibility index (Phi) is 8.06. The average molecular weight is 771 g/mol. The molecule has 8 bridgehead atoms. The van der Waals surface area contributed by atoms with Crippen molar-refractivity contribution in [3.05, 3.63) is 86.9 Å². The molecule has 8 fully saturated rings. The monoisotopic (exact) mass is 769 g/mol. The number of hydrogen-bond acceptors (Lipinski definition) is 6. The molecular formula is C44H46Cl3N3O3. The van der Waals surface area contributed by atoms with Gasteiger partial charge in [0, 0.05) is 63.3 Å². The van der Waals surface area contributed by atoms with E-state index in [0.29, 0.717) is 96.4 Å². The van der Waals surface area contributed by atoms with Crippen molar-refractivity contribution in [3.8, 4) is 34.5 Å². The highest BCUT2D eigenvalue weighted by molar-refractivity contribution is 6.32. The van der Waals surface area contributed by atoms with Crippen molar-refractivity contribution in [1.82, 2.24) is 0 Å². The van der Waals surface area contributed by atoms with E-state index in [4.69, 9.17) is 66.2 Å². The van der Waals surface area contributed by atoms with Crippen LogP contribution in [0.1, 0.15) is 88.2 Å². The van der Waals surface area contributed by atoms with Crippen LogP contribution >= 0.6 is 34.8 Å². The Morgan fingerprint density at radius 3 is 1.04 bits per heavy atom. The van der Waals surface area contributed by atoms with E-state index in [1.807, 2.05) is 18.2 Å². The van der Waals surface area contributed by atoms with Gasteiger partial charge in [-0.2, -0.15) is 0 Å². The molecule has 0 aliphatic heterocycles. The summed E-state index contributed by atoms with van der Waals surface area (Å²) in [5.41, 5.74) is 22.7. The van der Waals surface area contributed by atoms with Crippen LogP contribution in [-0.2, 0) is 10.8 Å². The maximum Gasteiger partial charge on any atom is 0.148 e. The lowest BCUT2D eigenvalue weighted by molar-refractivity contribution is -0.0110. The highest BCUT2D eigenvalue weighted by atomic mass is 35.5. The molecule has 4 aromatic carbocycles. The summed E-state index contributed by atoms with van der Waals surface area (Å²) in [6.07, 6.45) is 14.3. The van der Waals surface area contributed by atoms with Crippen molar-refractivity contribution >= 4 is 51.9 Å². The molecule has 4 aromatic rings. The van der Waals surface area contributed by atoms with Crippen LogP contribution in [0.2, 0.25) is 15.1 Å². The Hall–Kier alpha value is -3.45. The summed E-state index contributed by atoms with van der Waals surface area (Å²) in [6, 6.07) is 18.3. The minimum absolute atomic E-state index is 0.163. The van der Waals surface area contributed by atoms with E-state index in [0.717, 1.165) is 55.4 Å². The van der Waals surface area contributed by atoms with Gasteiger partial charge in [-0.05, 0) is 149 Å². The summed E-state index contributed by atoms with van der Waals surface area (Å²) in [5.74, 6) is 7.62. The molecule has 0 aromatic heterocycles. The predicted molar refractivity (Wildman–Crippen MR) is 214 cm³/mol. The second-order valence-corrected chi connectivity index (χ2v) is 18.9. The average Bonchev–Trinajstić information content (AvgIpc) is 3.08. The molecule has 0 heterocycles. The first-order valence-electron chi connectivity index (χ1n) is 19.4. The van der Waals surface area contributed by atoms with Crippen molar-refractivity contribution in [2.45, 2.75) is 87.9 Å². The van der Waals surface area contributed by atoms with Gasteiger partial charge >= 0.3 is 0 Å². The van der Waals surface area contributed by atoms with Gasteiger partial charge < -0.3 is 31.4 Å². The Balaban J connectivity index is 1.29. The molecule has 6 nitrogen and oxygen atoms in total. The summed E-state index contributed by atoms with van der Waals surface area (Å²) < 4.78 is 21.5. The Morgan fingerprint density at radius 1 is 0.415 bits per heavy atom. The fourth-order valence-corrected chi connectivity index (χ4v) is 13.3. The molecule has 0 radical (unpaired) electrons. The molecule has 8 saturated carbocycles. The summed E-state index contributed by atoms with van der Waals surface area (Å²) >= 11 is 20.7. The first kappa shape index (κ1) is 34.1. The Labute approximate surface area is 326 Å². The van der Waals surface area contributed by atoms with Crippen molar-refractivity contribution in [1.29, 1.82) is 0 Å². The van der Waals surface area contributed by atoms with E-state index in [-0.39, 0.29) is 10.8 Å². The minimum atomic E-state index is -0.163. The van der Waals surface area contributed by atoms with Crippen molar-refractivity contribution in [2.24, 2.45) is 35.5 Å². The largest absolute Gasteiger partial charge is 0.455 e. The normalized spacial score (nSPS) is 31.9. The second-order valence-electron chi connectivity index (χ2n) is 17.7. The van der Waals surface area contributed by atoms with Gasteiger partial charge in [-0.15, -0.1) is 0 Å². The first-order chi connectivity index (χ1) is 25.5. The van der Waals surface area contributed by atoms with Gasteiger partial charge in [-0.3, -0.25) is 0 Å². The number of halogens is 3. The quantitative estimate of drug-likeness (QED) is 0.154. The standard InChI is InChI=1S/C44H46Cl3N3O3/c45-32-4-1-29(48)13-35(32)51-38-16-39(52-36-14-30(49)2-5-33(36)46)41(44-20-26-10-27(21-44)12-28(11-26)22-44)42(53-37-15-31(50)3-6-34(37)47)40(38)43-17-23-7-24(18-43)9-25(8-23)19-43/h1-6,13-16,23-28H,7-12,17-22,48-50H2. The lowest BCUT2D eigenvalue weighted by atomic mass is 9.46. The van der Waals surface area contributed by atoms with Gasteiger partial charge in [0.05, 0.1) is 15.1 Å². The highest BCUT2D eigenvalue weighted by Gasteiger charge is 2.58. The predicted octanol–water partition coefficient (Wildman–Crippen LogP) is 12.7. The lowest BCUT2D eigenvalue weighted by Crippen LogP contribution is -2.50. The van der Waals surface area contributed by atoms with Gasteiger partial charge in [0.1, 0.15) is 34.5 Å². The van der Waals surface area contributed by atoms with Gasteiger partial charge in [0.15, 0.2) is 0 Å². The third kappa shape index (κ3) is 5.90. The van der Waals surface area contributed by atoms with E-state index in [1.54, 1.807) is 36.4 Å². The van der Waals surface area contributed by atoms with Gasteiger partial charge in [-0.1, -0.05) is 34.8 Å². The fourth-order valence-electron chi connectivity index (χ4n) is 12.9. The smallest absolute Gasteiger partial charge is 0.148 e. The molecule has 53 heavy (non-hydrogen) atoms. The molecule has 0 saturated heterocycles. The molecule has 0 atom stereocenters. The van der Waals surface area contributed by atoms with Crippen LogP contribution in [0.5, 0.6) is 34.5 Å². The van der Waals surface area contributed by atoms with Crippen LogP contribution in [0, 0.1) is 35.5 Å². The number of rotatable bonds is 8. The maximum atomic E-state index is 7.41. The molecule has 276 valence electrons. The molecular weight excluding hydrogens is 725 g/mol. The molecule has 0 unspecified atom stereocenters. The van der Waals surface area contributed by atoms with E-state index >= 15 is 0 Å². The third-order valence-corrected chi connectivity index (χ3v) is 14.8. The summed E-state index contributed by atoms with van der Waals surface area (Å²) in [5, 5.41) is 1.45. The number of nitrogen functional groups attached to an aromatic ring is 3. The van der Waals surface area contributed by atoms with Crippen LogP contribution in [0.4, 0.5) is 17.1 Å². The number of ether oxygens (including phenoxy) is 3. The van der Waals surface area contributed by atoms with Crippen LogP contribution in [-0.4, -0.2) is 0 Å². The summed E-state index contributed by atoms with van der Waals surface area (Å²) in [6.45, 7) is 0. The number of nitrogens with two attached hydrogens (primary N) is 3. The van der Waals surface area contributed by atoms with Crippen LogP contribution in [0.25, 0.3) is 0 Å². The molecule has 8 aliphatic carbocycles. The number of hydrogen-bond donors (Lipinski definition) is 3. The van der Waals surface area contributed by atoms with Crippen LogP contribution in [0.3, 0.4) is 0 Å². The van der Waals surface area contributed by atoms with E-state index in [9.17, 15) is 0 Å². The zero-order valence-corrected chi connectivity index (χ0v) is 32.1. The summed E-state index contributed by atoms with van der Waals surface area (Å²) in [4.78, 5) is 0. The SMILES string of the molecule is Nc1ccc(Cl)c(Oc2cc(Oc3cc(N)ccc3Cl)c(C34CC5CC(CC(C5)C3)C4)c(Oc3cc(N)ccc3Cl)c2C23CC4CC(CC(C4)C2)C3)c1. The van der Waals surface area contributed by atoms with Gasteiger partial charge in [0.25, 0.3) is 0 Å². The molecule has 12 rings (SSSR count). The van der Waals surface area contributed by atoms with E-state index in [1.165, 1.54) is 38.5 Å². The zero-order valence-electron chi connectivity index (χ0n) is 29.8. The van der Waals surface area contributed by atoms with Crippen molar-refractivity contribution in [3.63, 3.8) is 0 Å². The number of anilines is 3. The van der Waals surface area contributed by atoms with Crippen molar-refractivity contribution in [2.75, 3.05) is 17.2 Å². The minimum Gasteiger partial charge on any atom is -0.455 e. The maximum absolute atomic E-state index is 7.41. The summed E-state index contributed by atoms with van der Waals surface area (Å²) in [7, 11) is 0. The molecule has 0 amide bonds. The molecule has 9 heteroatoms. The van der Waals surface area contributed by atoms with Gasteiger partial charge in [-0.25, -0.2) is 0 Å². The third-order valence-electron chi connectivity index (χ3n) is 13.9. The molecule has 6 N–H and O–H groups in total. The topological polar surface area (TPSA) is 106 Å². The van der Waals surface area contributed by atoms with E-state index in [2.05, 4.69) is 6.07 Å². The second kappa shape index (κ2) is 12.5. The lowest BCUT2D eigenvalue weighted by Gasteiger charge is -2.59. The van der Waals surface area contributed by atoms with Crippen LogP contribution < -0.4 is 31.4 Å². The van der Waals surface area contributed by atoms with E-state index < -0.39 is 0 Å². The zero-order chi connectivity index (χ0) is 36.2. The number of benzene rings is 4. The Bertz CT molecular complexity index is 1940. The van der Waals surface area contributed by atoms with Crippen molar-refractivity contribution < 1.29 is 14.2 Å². The molecule has 0 spiro atoms. The Morgan fingerprint density at radius 2 is 0.717 bits per heavy atom. The first-order valence-corrected chi connectivity index (χ1v) is 20.6. The van der Waals surface area contributed by atoms with Gasteiger partial charge in [0.2, 0.25) is 0 Å².